The Kier molecular flexibility index (Phi) is 5.81. The number of carbonyl (C=O) groups excluding carboxylic acids is 1. The Morgan fingerprint density at radius 1 is 1.36 bits per heavy atom. The zero-order chi connectivity index (χ0) is 17.6. The van der Waals surface area contributed by atoms with Gasteiger partial charge in [-0.25, -0.2) is 4.98 Å². The van der Waals surface area contributed by atoms with Crippen molar-refractivity contribution in [2.75, 3.05) is 0 Å². The summed E-state index contributed by atoms with van der Waals surface area (Å²) in [6, 6.07) is 4.04. The number of aliphatic hydroxyl groups is 1. The molecule has 1 amide bonds. The summed E-state index contributed by atoms with van der Waals surface area (Å²) in [6.45, 7) is 2.77. The van der Waals surface area contributed by atoms with Crippen molar-refractivity contribution in [1.82, 2.24) is 19.9 Å². The van der Waals surface area contributed by atoms with Gasteiger partial charge in [0.05, 0.1) is 6.10 Å². The van der Waals surface area contributed by atoms with E-state index in [1.165, 1.54) is 0 Å². The van der Waals surface area contributed by atoms with Crippen molar-refractivity contribution < 1.29 is 9.90 Å². The Balaban J connectivity index is 1.50. The highest BCUT2D eigenvalue weighted by Crippen LogP contribution is 2.31. The van der Waals surface area contributed by atoms with E-state index >= 15 is 0 Å². The lowest BCUT2D eigenvalue weighted by Gasteiger charge is -2.38. The Morgan fingerprint density at radius 2 is 2.12 bits per heavy atom. The number of carbonyl (C=O) groups is 1. The molecule has 3 rings (SSSR count). The number of hydrogen-bond acceptors (Lipinski definition) is 4. The summed E-state index contributed by atoms with van der Waals surface area (Å²) < 4.78 is 2.06. The van der Waals surface area contributed by atoms with Gasteiger partial charge in [-0.1, -0.05) is 0 Å². The van der Waals surface area contributed by atoms with E-state index in [0.29, 0.717) is 12.3 Å². The molecule has 6 nitrogen and oxygen atoms in total. The highest BCUT2D eigenvalue weighted by atomic mass is 16.3. The summed E-state index contributed by atoms with van der Waals surface area (Å²) >= 11 is 0. The molecule has 134 valence electrons. The lowest BCUT2D eigenvalue weighted by Crippen LogP contribution is -2.48. The molecule has 0 bridgehead atoms. The number of aryl methyl sites for hydroxylation is 2. The molecule has 1 saturated carbocycles. The number of nitrogens with zero attached hydrogens (tertiary/aromatic N) is 3. The normalized spacial score (nSPS) is 20.7. The minimum atomic E-state index is -0.217. The van der Waals surface area contributed by atoms with Crippen molar-refractivity contribution >= 4 is 5.91 Å². The van der Waals surface area contributed by atoms with Crippen molar-refractivity contribution in [3.05, 3.63) is 48.3 Å². The molecule has 2 N–H and O–H groups in total. The molecule has 1 atom stereocenters. The van der Waals surface area contributed by atoms with Gasteiger partial charge in [-0.3, -0.25) is 9.78 Å². The average Bonchev–Trinajstić information content (AvgIpc) is 2.97. The van der Waals surface area contributed by atoms with Gasteiger partial charge in [-0.2, -0.15) is 0 Å². The molecule has 1 aliphatic carbocycles. The number of aromatic nitrogens is 3. The van der Waals surface area contributed by atoms with Gasteiger partial charge in [0, 0.05) is 43.8 Å². The Morgan fingerprint density at radius 3 is 2.76 bits per heavy atom. The lowest BCUT2D eigenvalue weighted by atomic mass is 9.75. The van der Waals surface area contributed by atoms with E-state index in [1.54, 1.807) is 18.6 Å². The van der Waals surface area contributed by atoms with E-state index < -0.39 is 0 Å². The number of pyridine rings is 1. The molecule has 0 radical (unpaired) electrons. The molecule has 6 heteroatoms. The number of nitrogens with one attached hydrogen (secondary N) is 1. The molecule has 0 unspecified atom stereocenters. The van der Waals surface area contributed by atoms with Crippen LogP contribution in [0.1, 0.15) is 37.1 Å². The smallest absolute Gasteiger partial charge is 0.220 e. The van der Waals surface area contributed by atoms with Crippen LogP contribution in [0.4, 0.5) is 0 Å². The van der Waals surface area contributed by atoms with Crippen molar-refractivity contribution in [1.29, 1.82) is 0 Å². The first-order chi connectivity index (χ1) is 12.1. The number of aliphatic hydroxyl groups excluding tert-OH is 1. The highest BCUT2D eigenvalue weighted by Gasteiger charge is 2.34. The zero-order valence-corrected chi connectivity index (χ0v) is 14.6. The van der Waals surface area contributed by atoms with Gasteiger partial charge in [0.2, 0.25) is 5.91 Å². The van der Waals surface area contributed by atoms with Gasteiger partial charge < -0.3 is 15.0 Å². The van der Waals surface area contributed by atoms with Crippen LogP contribution in [0.5, 0.6) is 0 Å². The van der Waals surface area contributed by atoms with Gasteiger partial charge in [0.25, 0.3) is 0 Å². The standard InChI is InChI=1S/C19H26N4O2/c1-14-21-8-10-23(14)9-2-3-19(25)22-18(16-12-17(24)13-16)11-15-4-6-20-7-5-15/h4-8,10,16-18,24H,2-3,9,11-13H2,1H3,(H,22,25)/t16?,17?,18-/m0/s1. The molecule has 2 aromatic rings. The largest absolute Gasteiger partial charge is 0.393 e. The third kappa shape index (κ3) is 4.89. The number of imidazole rings is 1. The minimum absolute atomic E-state index is 0.0771. The SMILES string of the molecule is Cc1nccn1CCCC(=O)N[C@@H](Cc1ccncc1)C1CC(O)C1. The molecule has 25 heavy (non-hydrogen) atoms. The van der Waals surface area contributed by atoms with Gasteiger partial charge in [-0.05, 0) is 56.2 Å². The predicted molar refractivity (Wildman–Crippen MR) is 94.8 cm³/mol. The Hall–Kier alpha value is -2.21. The van der Waals surface area contributed by atoms with Crippen LogP contribution in [0, 0.1) is 12.8 Å². The van der Waals surface area contributed by atoms with Crippen LogP contribution in [-0.4, -0.2) is 37.7 Å². The minimum Gasteiger partial charge on any atom is -0.393 e. The summed E-state index contributed by atoms with van der Waals surface area (Å²) in [6.07, 6.45) is 10.7. The van der Waals surface area contributed by atoms with Crippen LogP contribution in [0.2, 0.25) is 0 Å². The first-order valence-corrected chi connectivity index (χ1v) is 8.96. The van der Waals surface area contributed by atoms with Crippen molar-refractivity contribution in [2.24, 2.45) is 5.92 Å². The summed E-state index contributed by atoms with van der Waals surface area (Å²) in [5, 5.41) is 12.8. The van der Waals surface area contributed by atoms with Gasteiger partial charge in [0.15, 0.2) is 0 Å². The molecule has 1 aliphatic rings. The monoisotopic (exact) mass is 342 g/mol. The van der Waals surface area contributed by atoms with Crippen LogP contribution >= 0.6 is 0 Å². The van der Waals surface area contributed by atoms with E-state index in [2.05, 4.69) is 19.9 Å². The highest BCUT2D eigenvalue weighted by molar-refractivity contribution is 5.76. The number of rotatable bonds is 8. The maximum absolute atomic E-state index is 12.4. The molecule has 1 fully saturated rings. The maximum atomic E-state index is 12.4. The fraction of sp³-hybridized carbons (Fsp3) is 0.526. The average molecular weight is 342 g/mol. The van der Waals surface area contributed by atoms with E-state index in [1.807, 2.05) is 25.3 Å². The van der Waals surface area contributed by atoms with Gasteiger partial charge >= 0.3 is 0 Å². The maximum Gasteiger partial charge on any atom is 0.220 e. The van der Waals surface area contributed by atoms with Crippen LogP contribution in [0.15, 0.2) is 36.9 Å². The first-order valence-electron chi connectivity index (χ1n) is 8.96. The van der Waals surface area contributed by atoms with E-state index in [4.69, 9.17) is 0 Å². The molecule has 0 aromatic carbocycles. The molecular formula is C19H26N4O2. The second-order valence-electron chi connectivity index (χ2n) is 6.89. The lowest BCUT2D eigenvalue weighted by molar-refractivity contribution is -0.123. The Bertz CT molecular complexity index is 680. The first kappa shape index (κ1) is 17.6. The van der Waals surface area contributed by atoms with E-state index in [-0.39, 0.29) is 18.1 Å². The topological polar surface area (TPSA) is 80.0 Å². The van der Waals surface area contributed by atoms with E-state index in [9.17, 15) is 9.90 Å². The Labute approximate surface area is 148 Å². The summed E-state index contributed by atoms with van der Waals surface area (Å²) in [5.74, 6) is 1.40. The fourth-order valence-electron chi connectivity index (χ4n) is 3.40. The van der Waals surface area contributed by atoms with Crippen LogP contribution in [0.3, 0.4) is 0 Å². The quantitative estimate of drug-likeness (QED) is 0.767. The molecular weight excluding hydrogens is 316 g/mol. The van der Waals surface area contributed by atoms with Crippen LogP contribution in [-0.2, 0) is 17.8 Å². The van der Waals surface area contributed by atoms with Crippen molar-refractivity contribution in [3.8, 4) is 0 Å². The van der Waals surface area contributed by atoms with Crippen molar-refractivity contribution in [3.63, 3.8) is 0 Å². The zero-order valence-electron chi connectivity index (χ0n) is 14.6. The molecule has 0 saturated heterocycles. The molecule has 2 aromatic heterocycles. The predicted octanol–water partition coefficient (Wildman–Crippen LogP) is 1.87. The fourth-order valence-corrected chi connectivity index (χ4v) is 3.40. The molecule has 2 heterocycles. The summed E-state index contributed by atoms with van der Waals surface area (Å²) in [4.78, 5) is 20.6. The van der Waals surface area contributed by atoms with Crippen LogP contribution in [0.25, 0.3) is 0 Å². The van der Waals surface area contributed by atoms with E-state index in [0.717, 1.165) is 43.6 Å². The molecule has 0 aliphatic heterocycles. The summed E-state index contributed by atoms with van der Waals surface area (Å²) in [7, 11) is 0. The molecule has 0 spiro atoms. The summed E-state index contributed by atoms with van der Waals surface area (Å²) in [5.41, 5.74) is 1.16. The van der Waals surface area contributed by atoms with Gasteiger partial charge in [-0.15, -0.1) is 0 Å². The number of hydrogen-bond donors (Lipinski definition) is 2. The van der Waals surface area contributed by atoms with Gasteiger partial charge in [0.1, 0.15) is 5.82 Å². The van der Waals surface area contributed by atoms with Crippen LogP contribution < -0.4 is 5.32 Å². The second kappa shape index (κ2) is 8.25. The third-order valence-corrected chi connectivity index (χ3v) is 5.00. The number of amides is 1. The third-order valence-electron chi connectivity index (χ3n) is 5.00. The van der Waals surface area contributed by atoms with Crippen molar-refractivity contribution in [2.45, 2.75) is 57.7 Å². The second-order valence-corrected chi connectivity index (χ2v) is 6.89.